The Morgan fingerprint density at radius 3 is 2.67 bits per heavy atom. The van der Waals surface area contributed by atoms with Gasteiger partial charge in [0.05, 0.1) is 19.0 Å². The van der Waals surface area contributed by atoms with E-state index in [0.717, 1.165) is 18.4 Å². The molecule has 1 amide bonds. The predicted molar refractivity (Wildman–Crippen MR) is 100 cm³/mol. The molecule has 0 radical (unpaired) electrons. The van der Waals surface area contributed by atoms with Crippen LogP contribution in [0.5, 0.6) is 0 Å². The maximum Gasteiger partial charge on any atom is 0.220 e. The smallest absolute Gasteiger partial charge is 0.220 e. The number of nitrogens with zero attached hydrogens (tertiary/aromatic N) is 1. The summed E-state index contributed by atoms with van der Waals surface area (Å²) < 4.78 is 44.7. The number of sulfonamides is 1. The molecule has 6 nitrogen and oxygen atoms in total. The molecular formula is C19H27FN2O4S. The van der Waals surface area contributed by atoms with Crippen LogP contribution in [-0.4, -0.2) is 57.2 Å². The maximum absolute atomic E-state index is 13.5. The SMILES string of the molecule is Cc1cc(C(CC(=O)NCCS(=O)(=O)N2CCOCC2)C2CC2)ccc1F. The molecule has 1 saturated carbocycles. The second-order valence-electron chi connectivity index (χ2n) is 7.33. The molecule has 27 heavy (non-hydrogen) atoms. The molecule has 2 aliphatic rings. The highest BCUT2D eigenvalue weighted by molar-refractivity contribution is 7.89. The monoisotopic (exact) mass is 398 g/mol. The van der Waals surface area contributed by atoms with Gasteiger partial charge in [0.15, 0.2) is 0 Å². The van der Waals surface area contributed by atoms with Crippen molar-refractivity contribution in [1.82, 2.24) is 9.62 Å². The van der Waals surface area contributed by atoms with E-state index in [0.29, 0.717) is 44.2 Å². The number of benzene rings is 1. The van der Waals surface area contributed by atoms with Gasteiger partial charge in [0.2, 0.25) is 15.9 Å². The summed E-state index contributed by atoms with van der Waals surface area (Å²) in [7, 11) is -3.38. The summed E-state index contributed by atoms with van der Waals surface area (Å²) in [6, 6.07) is 5.02. The van der Waals surface area contributed by atoms with Gasteiger partial charge in [-0.2, -0.15) is 4.31 Å². The molecule has 1 heterocycles. The molecule has 1 aliphatic heterocycles. The Morgan fingerprint density at radius 1 is 1.33 bits per heavy atom. The number of nitrogens with one attached hydrogen (secondary N) is 1. The number of rotatable bonds is 8. The average Bonchev–Trinajstić information content (AvgIpc) is 3.48. The van der Waals surface area contributed by atoms with Gasteiger partial charge in [0.1, 0.15) is 5.82 Å². The van der Waals surface area contributed by atoms with Gasteiger partial charge in [-0.3, -0.25) is 4.79 Å². The Hall–Kier alpha value is -1.51. The van der Waals surface area contributed by atoms with Crippen LogP contribution in [0.1, 0.15) is 36.3 Å². The molecule has 0 bridgehead atoms. The fourth-order valence-corrected chi connectivity index (χ4v) is 4.82. The van der Waals surface area contributed by atoms with Crippen molar-refractivity contribution in [1.29, 1.82) is 0 Å². The minimum Gasteiger partial charge on any atom is -0.379 e. The molecule has 1 aromatic rings. The van der Waals surface area contributed by atoms with E-state index in [1.807, 2.05) is 6.07 Å². The van der Waals surface area contributed by atoms with Gasteiger partial charge in [-0.05, 0) is 48.8 Å². The van der Waals surface area contributed by atoms with E-state index in [1.165, 1.54) is 10.4 Å². The number of ether oxygens (including phenoxy) is 1. The second-order valence-corrected chi connectivity index (χ2v) is 9.42. The second kappa shape index (κ2) is 8.67. The first-order valence-electron chi connectivity index (χ1n) is 9.45. The Labute approximate surface area is 160 Å². The van der Waals surface area contributed by atoms with E-state index in [-0.39, 0.29) is 29.9 Å². The van der Waals surface area contributed by atoms with Crippen molar-refractivity contribution in [3.05, 3.63) is 35.1 Å². The number of carbonyl (C=O) groups excluding carboxylic acids is 1. The van der Waals surface area contributed by atoms with Gasteiger partial charge in [-0.1, -0.05) is 12.1 Å². The van der Waals surface area contributed by atoms with Crippen molar-refractivity contribution in [2.24, 2.45) is 5.92 Å². The minimum atomic E-state index is -3.38. The largest absolute Gasteiger partial charge is 0.379 e. The number of hydrogen-bond donors (Lipinski definition) is 1. The van der Waals surface area contributed by atoms with E-state index in [1.54, 1.807) is 13.0 Å². The first-order valence-corrected chi connectivity index (χ1v) is 11.1. The molecule has 1 unspecified atom stereocenters. The van der Waals surface area contributed by atoms with Crippen LogP contribution in [0.25, 0.3) is 0 Å². The predicted octanol–water partition coefficient (Wildman–Crippen LogP) is 1.80. The summed E-state index contributed by atoms with van der Waals surface area (Å²) in [6.45, 7) is 3.36. The van der Waals surface area contributed by atoms with E-state index in [2.05, 4.69) is 5.32 Å². The molecule has 1 atom stereocenters. The van der Waals surface area contributed by atoms with Crippen molar-refractivity contribution in [3.63, 3.8) is 0 Å². The lowest BCUT2D eigenvalue weighted by Crippen LogP contribution is -2.43. The molecule has 0 aromatic heterocycles. The molecule has 0 spiro atoms. The number of aryl methyl sites for hydroxylation is 1. The van der Waals surface area contributed by atoms with Crippen molar-refractivity contribution >= 4 is 15.9 Å². The molecule has 3 rings (SSSR count). The summed E-state index contributed by atoms with van der Waals surface area (Å²) >= 11 is 0. The fraction of sp³-hybridized carbons (Fsp3) is 0.632. The maximum atomic E-state index is 13.5. The number of halogens is 1. The third-order valence-corrected chi connectivity index (χ3v) is 7.12. The van der Waals surface area contributed by atoms with Crippen LogP contribution in [0.2, 0.25) is 0 Å². The average molecular weight is 399 g/mol. The van der Waals surface area contributed by atoms with Gasteiger partial charge >= 0.3 is 0 Å². The van der Waals surface area contributed by atoms with Crippen molar-refractivity contribution in [2.45, 2.75) is 32.1 Å². The summed E-state index contributed by atoms with van der Waals surface area (Å²) in [5, 5.41) is 2.74. The number of morpholine rings is 1. The van der Waals surface area contributed by atoms with Crippen LogP contribution in [0.15, 0.2) is 18.2 Å². The van der Waals surface area contributed by atoms with Crippen LogP contribution in [0.3, 0.4) is 0 Å². The number of amides is 1. The van der Waals surface area contributed by atoms with Crippen molar-refractivity contribution < 1.29 is 22.3 Å². The first kappa shape index (κ1) is 20.2. The third kappa shape index (κ3) is 5.49. The molecule has 150 valence electrons. The molecule has 1 N–H and O–H groups in total. The van der Waals surface area contributed by atoms with E-state index >= 15 is 0 Å². The van der Waals surface area contributed by atoms with E-state index < -0.39 is 10.0 Å². The summed E-state index contributed by atoms with van der Waals surface area (Å²) in [4.78, 5) is 12.4. The Bertz CT molecular complexity index is 774. The van der Waals surface area contributed by atoms with Crippen molar-refractivity contribution in [2.75, 3.05) is 38.6 Å². The molecule has 8 heteroatoms. The van der Waals surface area contributed by atoms with Crippen LogP contribution < -0.4 is 5.32 Å². The Morgan fingerprint density at radius 2 is 2.04 bits per heavy atom. The topological polar surface area (TPSA) is 75.7 Å². The van der Waals surface area contributed by atoms with Crippen LogP contribution in [-0.2, 0) is 19.6 Å². The molecule has 1 saturated heterocycles. The summed E-state index contributed by atoms with van der Waals surface area (Å²) in [5.74, 6) is -0.0161. The highest BCUT2D eigenvalue weighted by atomic mass is 32.2. The zero-order valence-corrected chi connectivity index (χ0v) is 16.4. The quantitative estimate of drug-likeness (QED) is 0.725. The van der Waals surface area contributed by atoms with E-state index in [9.17, 15) is 17.6 Å². The molecule has 1 aliphatic carbocycles. The zero-order valence-electron chi connectivity index (χ0n) is 15.6. The van der Waals surface area contributed by atoms with Gasteiger partial charge in [0.25, 0.3) is 0 Å². The van der Waals surface area contributed by atoms with Crippen LogP contribution >= 0.6 is 0 Å². The lowest BCUT2D eigenvalue weighted by Gasteiger charge is -2.26. The lowest BCUT2D eigenvalue weighted by atomic mass is 9.89. The van der Waals surface area contributed by atoms with Crippen LogP contribution in [0.4, 0.5) is 4.39 Å². The highest BCUT2D eigenvalue weighted by Crippen LogP contribution is 2.44. The highest BCUT2D eigenvalue weighted by Gasteiger charge is 2.34. The number of carbonyl (C=O) groups is 1. The summed E-state index contributed by atoms with van der Waals surface area (Å²) in [6.07, 6.45) is 2.44. The first-order chi connectivity index (χ1) is 12.9. The van der Waals surface area contributed by atoms with Gasteiger partial charge < -0.3 is 10.1 Å². The van der Waals surface area contributed by atoms with E-state index in [4.69, 9.17) is 4.74 Å². The Balaban J connectivity index is 1.52. The molecule has 1 aromatic carbocycles. The Kier molecular flexibility index (Phi) is 6.49. The fourth-order valence-electron chi connectivity index (χ4n) is 3.50. The van der Waals surface area contributed by atoms with Gasteiger partial charge in [-0.15, -0.1) is 0 Å². The summed E-state index contributed by atoms with van der Waals surface area (Å²) in [5.41, 5.74) is 1.56. The lowest BCUT2D eigenvalue weighted by molar-refractivity contribution is -0.121. The van der Waals surface area contributed by atoms with Gasteiger partial charge in [-0.25, -0.2) is 12.8 Å². The normalized spacial score (nSPS) is 19.6. The van der Waals surface area contributed by atoms with Gasteiger partial charge in [0, 0.05) is 26.1 Å². The zero-order chi connectivity index (χ0) is 19.4. The molecule has 2 fully saturated rings. The third-order valence-electron chi connectivity index (χ3n) is 5.25. The number of hydrogen-bond acceptors (Lipinski definition) is 4. The standard InChI is InChI=1S/C19H27FN2O4S/c1-14-12-16(4-5-18(14)20)17(15-2-3-15)13-19(23)21-6-11-27(24,25)22-7-9-26-10-8-22/h4-5,12,15,17H,2-3,6-11,13H2,1H3,(H,21,23). The van der Waals surface area contributed by atoms with Crippen LogP contribution in [0, 0.1) is 18.7 Å². The molecular weight excluding hydrogens is 371 g/mol. The van der Waals surface area contributed by atoms with Crippen molar-refractivity contribution in [3.8, 4) is 0 Å². The minimum absolute atomic E-state index is 0.0557.